The lowest BCUT2D eigenvalue weighted by Gasteiger charge is -2.12. The lowest BCUT2D eigenvalue weighted by Crippen LogP contribution is -2.31. The fourth-order valence-corrected chi connectivity index (χ4v) is 5.12. The minimum Gasteiger partial charge on any atom is -0.308 e. The van der Waals surface area contributed by atoms with Crippen molar-refractivity contribution in [3.8, 4) is 0 Å². The smallest absolute Gasteiger partial charge is 0.281 e. The van der Waals surface area contributed by atoms with Crippen LogP contribution in [0.5, 0.6) is 0 Å². The quantitative estimate of drug-likeness (QED) is 0.292. The Balaban J connectivity index is 1.45. The molecule has 0 saturated carbocycles. The summed E-state index contributed by atoms with van der Waals surface area (Å²) in [5.74, 6) is 0.470. The molecule has 4 rings (SSSR count). The standard InChI is InChI=1S/C26H33N7O3S/c1-19(8-7-11-20-9-5-4-6-10-20)33-25-24(30-31-33)26(34)29-23(28-25)18-21-12-14-22(15-13-21)37(35,36)27-16-17-32(2)3/h4-6,9-10,12-15,19,27H,7-8,11,16-18H2,1-3H3,(H,28,29,34). The Morgan fingerprint density at radius 2 is 1.78 bits per heavy atom. The van der Waals surface area contributed by atoms with Crippen LogP contribution in [0.3, 0.4) is 0 Å². The molecule has 2 N–H and O–H groups in total. The second-order valence-corrected chi connectivity index (χ2v) is 11.2. The second kappa shape index (κ2) is 11.8. The Hall–Kier alpha value is -3.41. The zero-order valence-electron chi connectivity index (χ0n) is 21.4. The van der Waals surface area contributed by atoms with Crippen molar-refractivity contribution in [2.24, 2.45) is 0 Å². The van der Waals surface area contributed by atoms with Crippen LogP contribution >= 0.6 is 0 Å². The molecule has 11 heteroatoms. The van der Waals surface area contributed by atoms with E-state index in [2.05, 4.69) is 37.1 Å². The lowest BCUT2D eigenvalue weighted by atomic mass is 10.1. The zero-order chi connectivity index (χ0) is 26.4. The van der Waals surface area contributed by atoms with E-state index in [0.717, 1.165) is 24.8 Å². The molecule has 1 unspecified atom stereocenters. The molecule has 0 aliphatic carbocycles. The van der Waals surface area contributed by atoms with Crippen LogP contribution in [0.2, 0.25) is 0 Å². The fourth-order valence-electron chi connectivity index (χ4n) is 4.10. The number of hydrogen-bond acceptors (Lipinski definition) is 7. The van der Waals surface area contributed by atoms with Gasteiger partial charge in [-0.2, -0.15) is 0 Å². The highest BCUT2D eigenvalue weighted by molar-refractivity contribution is 7.89. The third-order valence-electron chi connectivity index (χ3n) is 6.19. The van der Waals surface area contributed by atoms with Crippen molar-refractivity contribution in [1.29, 1.82) is 0 Å². The molecule has 2 aromatic carbocycles. The molecule has 0 spiro atoms. The highest BCUT2D eigenvalue weighted by Crippen LogP contribution is 2.19. The van der Waals surface area contributed by atoms with Crippen LogP contribution in [0.4, 0.5) is 0 Å². The van der Waals surface area contributed by atoms with Crippen molar-refractivity contribution in [2.45, 2.75) is 43.5 Å². The number of rotatable bonds is 12. The Kier molecular flexibility index (Phi) is 8.47. The number of fused-ring (bicyclic) bond motifs is 1. The maximum atomic E-state index is 12.7. The summed E-state index contributed by atoms with van der Waals surface area (Å²) in [7, 11) is 0.183. The number of sulfonamides is 1. The van der Waals surface area contributed by atoms with Crippen LogP contribution < -0.4 is 10.3 Å². The van der Waals surface area contributed by atoms with Gasteiger partial charge in [-0.05, 0) is 63.5 Å². The van der Waals surface area contributed by atoms with Crippen LogP contribution in [0.1, 0.15) is 42.8 Å². The van der Waals surface area contributed by atoms with Crippen LogP contribution in [-0.2, 0) is 22.9 Å². The third-order valence-corrected chi connectivity index (χ3v) is 7.66. The van der Waals surface area contributed by atoms with Gasteiger partial charge < -0.3 is 9.88 Å². The monoisotopic (exact) mass is 523 g/mol. The molecule has 0 amide bonds. The van der Waals surface area contributed by atoms with Crippen molar-refractivity contribution >= 4 is 21.2 Å². The van der Waals surface area contributed by atoms with Crippen LogP contribution in [0.15, 0.2) is 64.3 Å². The van der Waals surface area contributed by atoms with E-state index in [-0.39, 0.29) is 22.0 Å². The van der Waals surface area contributed by atoms with Gasteiger partial charge in [-0.15, -0.1) is 5.10 Å². The predicted molar refractivity (Wildman–Crippen MR) is 143 cm³/mol. The average molecular weight is 524 g/mol. The number of nitrogens with one attached hydrogen (secondary N) is 2. The molecule has 37 heavy (non-hydrogen) atoms. The SMILES string of the molecule is CC(CCCc1ccccc1)n1nnc2c(=O)[nH]c(Cc3ccc(S(=O)(=O)NCCN(C)C)cc3)nc21. The van der Waals surface area contributed by atoms with Gasteiger partial charge in [0, 0.05) is 19.5 Å². The molecule has 2 aromatic heterocycles. The summed E-state index contributed by atoms with van der Waals surface area (Å²) in [5, 5.41) is 8.27. The molecule has 1 atom stereocenters. The molecule has 196 valence electrons. The number of hydrogen-bond donors (Lipinski definition) is 2. The summed E-state index contributed by atoms with van der Waals surface area (Å²) in [6, 6.07) is 16.9. The number of aromatic amines is 1. The molecular formula is C26H33N7O3S. The van der Waals surface area contributed by atoms with E-state index >= 15 is 0 Å². The first-order chi connectivity index (χ1) is 17.7. The second-order valence-electron chi connectivity index (χ2n) is 9.47. The average Bonchev–Trinajstić information content (AvgIpc) is 3.29. The Morgan fingerprint density at radius 3 is 2.49 bits per heavy atom. The number of aryl methyl sites for hydroxylation is 1. The van der Waals surface area contributed by atoms with Gasteiger partial charge in [0.15, 0.2) is 11.2 Å². The molecule has 0 aliphatic rings. The lowest BCUT2D eigenvalue weighted by molar-refractivity contribution is 0.412. The number of likely N-dealkylation sites (N-methyl/N-ethyl adjacent to an activating group) is 1. The summed E-state index contributed by atoms with van der Waals surface area (Å²) in [6.45, 7) is 2.98. The van der Waals surface area contributed by atoms with Crippen LogP contribution in [0.25, 0.3) is 11.2 Å². The highest BCUT2D eigenvalue weighted by atomic mass is 32.2. The van der Waals surface area contributed by atoms with Gasteiger partial charge in [0.25, 0.3) is 5.56 Å². The maximum absolute atomic E-state index is 12.7. The summed E-state index contributed by atoms with van der Waals surface area (Å²) >= 11 is 0. The molecule has 0 aliphatic heterocycles. The summed E-state index contributed by atoms with van der Waals surface area (Å²) in [5.41, 5.74) is 2.44. The van der Waals surface area contributed by atoms with E-state index in [0.29, 0.717) is 31.0 Å². The highest BCUT2D eigenvalue weighted by Gasteiger charge is 2.17. The first-order valence-electron chi connectivity index (χ1n) is 12.3. The van der Waals surface area contributed by atoms with Gasteiger partial charge in [0.05, 0.1) is 10.9 Å². The minimum atomic E-state index is -3.58. The Labute approximate surface area is 216 Å². The van der Waals surface area contributed by atoms with Gasteiger partial charge in [-0.25, -0.2) is 22.8 Å². The van der Waals surface area contributed by atoms with Gasteiger partial charge >= 0.3 is 0 Å². The Bertz CT molecular complexity index is 1480. The molecule has 4 aromatic rings. The van der Waals surface area contributed by atoms with Crippen LogP contribution in [-0.4, -0.2) is 65.5 Å². The summed E-state index contributed by atoms with van der Waals surface area (Å²) in [4.78, 5) is 22.2. The number of aromatic nitrogens is 5. The third kappa shape index (κ3) is 6.88. The van der Waals surface area contributed by atoms with Crippen molar-refractivity contribution in [3.63, 3.8) is 0 Å². The molecule has 0 radical (unpaired) electrons. The first kappa shape index (κ1) is 26.6. The summed E-state index contributed by atoms with van der Waals surface area (Å²) < 4.78 is 29.3. The number of benzene rings is 2. The van der Waals surface area contributed by atoms with Crippen molar-refractivity contribution in [2.75, 3.05) is 27.2 Å². The molecule has 2 heterocycles. The van der Waals surface area contributed by atoms with E-state index in [9.17, 15) is 13.2 Å². The van der Waals surface area contributed by atoms with E-state index in [1.54, 1.807) is 28.9 Å². The minimum absolute atomic E-state index is 0.0281. The topological polar surface area (TPSA) is 126 Å². The number of H-pyrrole nitrogens is 1. The Morgan fingerprint density at radius 1 is 1.05 bits per heavy atom. The fraction of sp³-hybridized carbons (Fsp3) is 0.385. The van der Waals surface area contributed by atoms with E-state index in [1.807, 2.05) is 44.1 Å². The zero-order valence-corrected chi connectivity index (χ0v) is 22.2. The van der Waals surface area contributed by atoms with Crippen LogP contribution in [0, 0.1) is 0 Å². The van der Waals surface area contributed by atoms with Crippen molar-refractivity contribution < 1.29 is 8.42 Å². The van der Waals surface area contributed by atoms with E-state index in [4.69, 9.17) is 0 Å². The largest absolute Gasteiger partial charge is 0.308 e. The molecule has 10 nitrogen and oxygen atoms in total. The van der Waals surface area contributed by atoms with Crippen molar-refractivity contribution in [3.05, 3.63) is 81.9 Å². The van der Waals surface area contributed by atoms with Gasteiger partial charge in [-0.1, -0.05) is 47.7 Å². The van der Waals surface area contributed by atoms with Gasteiger partial charge in [0.2, 0.25) is 10.0 Å². The summed E-state index contributed by atoms with van der Waals surface area (Å²) in [6.07, 6.45) is 3.15. The van der Waals surface area contributed by atoms with E-state index < -0.39 is 10.0 Å². The number of nitrogens with zero attached hydrogens (tertiary/aromatic N) is 5. The predicted octanol–water partition coefficient (Wildman–Crippen LogP) is 2.53. The van der Waals surface area contributed by atoms with Gasteiger partial charge in [0.1, 0.15) is 5.82 Å². The molecule has 0 bridgehead atoms. The molecular weight excluding hydrogens is 490 g/mol. The normalized spacial score (nSPS) is 12.9. The molecule has 0 saturated heterocycles. The first-order valence-corrected chi connectivity index (χ1v) is 13.8. The maximum Gasteiger partial charge on any atom is 0.281 e. The van der Waals surface area contributed by atoms with Gasteiger partial charge in [-0.3, -0.25) is 4.79 Å². The van der Waals surface area contributed by atoms with Crippen molar-refractivity contribution in [1.82, 2.24) is 34.6 Å². The molecule has 0 fully saturated rings. The van der Waals surface area contributed by atoms with E-state index in [1.165, 1.54) is 5.56 Å².